The van der Waals surface area contributed by atoms with Crippen LogP contribution in [0.1, 0.15) is 31.2 Å². The van der Waals surface area contributed by atoms with Crippen molar-refractivity contribution in [1.29, 1.82) is 0 Å². The topological polar surface area (TPSA) is 62.2 Å². The van der Waals surface area contributed by atoms with Gasteiger partial charge < -0.3 is 9.80 Å². The molecule has 0 aliphatic carbocycles. The Morgan fingerprint density at radius 2 is 2.04 bits per heavy atom. The van der Waals surface area contributed by atoms with Gasteiger partial charge in [0.15, 0.2) is 5.16 Å². The maximum atomic E-state index is 12.5. The number of thioether (sulfide) groups is 1. The molecule has 7 heteroatoms. The molecule has 2 aliphatic heterocycles. The molecule has 0 bridgehead atoms. The first-order chi connectivity index (χ1) is 13.7. The molecule has 0 unspecified atom stereocenters. The number of rotatable bonds is 5. The molecule has 0 radical (unpaired) electrons. The number of carbonyl (C=O) groups excluding carboxylic acids is 1. The minimum absolute atomic E-state index is 0.259. The summed E-state index contributed by atoms with van der Waals surface area (Å²) in [5.41, 5.74) is 1.45. The van der Waals surface area contributed by atoms with E-state index in [1.165, 1.54) is 5.56 Å². The van der Waals surface area contributed by atoms with Crippen LogP contribution in [0.5, 0.6) is 0 Å². The molecule has 148 valence electrons. The summed E-state index contributed by atoms with van der Waals surface area (Å²) in [5.74, 6) is 1.33. The van der Waals surface area contributed by atoms with Gasteiger partial charge in [0.2, 0.25) is 5.91 Å². The Kier molecular flexibility index (Phi) is 5.80. The normalized spacial score (nSPS) is 19.2. The number of piperidine rings is 2. The lowest BCUT2D eigenvalue weighted by Gasteiger charge is -2.47. The molecule has 2 fully saturated rings. The van der Waals surface area contributed by atoms with Crippen LogP contribution in [-0.2, 0) is 11.2 Å². The third-order valence-electron chi connectivity index (χ3n) is 6.09. The molecule has 6 nitrogen and oxygen atoms in total. The van der Waals surface area contributed by atoms with Gasteiger partial charge in [0.1, 0.15) is 5.82 Å². The summed E-state index contributed by atoms with van der Waals surface area (Å²) >= 11 is 1.58. The Morgan fingerprint density at radius 3 is 2.79 bits per heavy atom. The summed E-state index contributed by atoms with van der Waals surface area (Å²) in [6, 6.07) is 6.04. The average Bonchev–Trinajstić information content (AvgIpc) is 2.76. The first kappa shape index (κ1) is 19.2. The highest BCUT2D eigenvalue weighted by Gasteiger charge is 2.41. The maximum absolute atomic E-state index is 12.5. The van der Waals surface area contributed by atoms with Gasteiger partial charge in [-0.15, -0.1) is 0 Å². The zero-order chi connectivity index (χ0) is 19.4. The van der Waals surface area contributed by atoms with E-state index in [0.717, 1.165) is 62.8 Å². The molecule has 4 heterocycles. The quantitative estimate of drug-likeness (QED) is 0.571. The lowest BCUT2D eigenvalue weighted by molar-refractivity contribution is -0.138. The second-order valence-electron chi connectivity index (χ2n) is 7.82. The highest BCUT2D eigenvalue weighted by molar-refractivity contribution is 7.98. The number of anilines is 1. The minimum atomic E-state index is 0.259. The molecule has 2 saturated heterocycles. The van der Waals surface area contributed by atoms with Crippen molar-refractivity contribution in [2.45, 2.75) is 37.3 Å². The van der Waals surface area contributed by atoms with Gasteiger partial charge >= 0.3 is 0 Å². The predicted molar refractivity (Wildman–Crippen MR) is 111 cm³/mol. The van der Waals surface area contributed by atoms with Gasteiger partial charge in [-0.3, -0.25) is 9.78 Å². The number of likely N-dealkylation sites (tertiary alicyclic amines) is 1. The molecule has 2 aromatic rings. The summed E-state index contributed by atoms with van der Waals surface area (Å²) in [6.07, 6.45) is 12.3. The van der Waals surface area contributed by atoms with Gasteiger partial charge in [0.25, 0.3) is 0 Å². The Hall–Kier alpha value is -2.15. The molecular formula is C21H27N5OS. The Morgan fingerprint density at radius 1 is 1.18 bits per heavy atom. The highest BCUT2D eigenvalue weighted by Crippen LogP contribution is 2.41. The van der Waals surface area contributed by atoms with E-state index in [0.29, 0.717) is 12.3 Å². The Balaban J connectivity index is 1.36. The number of nitrogens with zero attached hydrogens (tertiary/aromatic N) is 5. The van der Waals surface area contributed by atoms with E-state index in [9.17, 15) is 4.79 Å². The molecule has 2 aliphatic rings. The zero-order valence-electron chi connectivity index (χ0n) is 16.4. The van der Waals surface area contributed by atoms with Crippen molar-refractivity contribution >= 4 is 23.5 Å². The molecule has 0 saturated carbocycles. The standard InChI is InChI=1S/C21H27N5OS/c1-28-20-23-11-5-18(24-20)25-13-8-21(9-14-25)7-4-19(27)26(16-21)12-6-17-3-2-10-22-15-17/h2-3,5,10-11,15H,4,6-9,12-14,16H2,1H3. The van der Waals surface area contributed by atoms with Gasteiger partial charge in [-0.1, -0.05) is 17.8 Å². The summed E-state index contributed by atoms with van der Waals surface area (Å²) in [5, 5.41) is 0.822. The number of aromatic nitrogens is 3. The van der Waals surface area contributed by atoms with Crippen LogP contribution in [0.15, 0.2) is 41.9 Å². The summed E-state index contributed by atoms with van der Waals surface area (Å²) in [4.78, 5) is 30.0. The van der Waals surface area contributed by atoms with E-state index in [-0.39, 0.29) is 5.41 Å². The van der Waals surface area contributed by atoms with Crippen LogP contribution < -0.4 is 4.90 Å². The predicted octanol–water partition coefficient (Wildman–Crippen LogP) is 3.05. The number of pyridine rings is 1. The third kappa shape index (κ3) is 4.29. The number of carbonyl (C=O) groups is 1. The minimum Gasteiger partial charge on any atom is -0.356 e. The van der Waals surface area contributed by atoms with E-state index in [2.05, 4.69) is 30.8 Å². The molecule has 0 N–H and O–H groups in total. The smallest absolute Gasteiger partial charge is 0.222 e. The number of hydrogen-bond acceptors (Lipinski definition) is 6. The molecule has 0 atom stereocenters. The molecule has 2 aromatic heterocycles. The van der Waals surface area contributed by atoms with Crippen LogP contribution in [0, 0.1) is 5.41 Å². The van der Waals surface area contributed by atoms with Crippen molar-refractivity contribution in [1.82, 2.24) is 19.9 Å². The monoisotopic (exact) mass is 397 g/mol. The summed E-state index contributed by atoms with van der Waals surface area (Å²) in [7, 11) is 0. The van der Waals surface area contributed by atoms with E-state index in [1.807, 2.05) is 30.8 Å². The zero-order valence-corrected chi connectivity index (χ0v) is 17.2. The van der Waals surface area contributed by atoms with Crippen molar-refractivity contribution in [3.05, 3.63) is 42.4 Å². The highest BCUT2D eigenvalue weighted by atomic mass is 32.2. The van der Waals surface area contributed by atoms with Gasteiger partial charge in [-0.2, -0.15) is 0 Å². The maximum Gasteiger partial charge on any atom is 0.222 e. The Bertz CT molecular complexity index is 807. The fourth-order valence-corrected chi connectivity index (χ4v) is 4.69. The first-order valence-corrected chi connectivity index (χ1v) is 11.2. The van der Waals surface area contributed by atoms with E-state index < -0.39 is 0 Å². The number of amides is 1. The largest absolute Gasteiger partial charge is 0.356 e. The molecule has 28 heavy (non-hydrogen) atoms. The van der Waals surface area contributed by atoms with Crippen molar-refractivity contribution in [2.24, 2.45) is 5.41 Å². The fraction of sp³-hybridized carbons (Fsp3) is 0.524. The number of hydrogen-bond donors (Lipinski definition) is 0. The van der Waals surface area contributed by atoms with Crippen molar-refractivity contribution in [2.75, 3.05) is 37.3 Å². The molecule has 1 amide bonds. The van der Waals surface area contributed by atoms with E-state index >= 15 is 0 Å². The summed E-state index contributed by atoms with van der Waals surface area (Å²) in [6.45, 7) is 3.67. The molecule has 1 spiro atoms. The van der Waals surface area contributed by atoms with Crippen LogP contribution >= 0.6 is 11.8 Å². The van der Waals surface area contributed by atoms with Crippen LogP contribution in [0.2, 0.25) is 0 Å². The summed E-state index contributed by atoms with van der Waals surface area (Å²) < 4.78 is 0. The average molecular weight is 398 g/mol. The fourth-order valence-electron chi connectivity index (χ4n) is 4.34. The molecule has 0 aromatic carbocycles. The molecule has 4 rings (SSSR count). The van der Waals surface area contributed by atoms with Crippen LogP contribution in [-0.4, -0.2) is 58.2 Å². The SMILES string of the molecule is CSc1nccc(N2CCC3(CCC(=O)N(CCc4cccnc4)C3)CC2)n1. The third-order valence-corrected chi connectivity index (χ3v) is 6.65. The van der Waals surface area contributed by atoms with Crippen molar-refractivity contribution in [3.63, 3.8) is 0 Å². The van der Waals surface area contributed by atoms with E-state index in [4.69, 9.17) is 0 Å². The van der Waals surface area contributed by atoms with E-state index in [1.54, 1.807) is 18.0 Å². The first-order valence-electron chi connectivity index (χ1n) is 9.96. The lowest BCUT2D eigenvalue weighted by Crippen LogP contribution is -2.52. The molecular weight excluding hydrogens is 370 g/mol. The van der Waals surface area contributed by atoms with Crippen molar-refractivity contribution < 1.29 is 4.79 Å². The Labute approximate surface area is 170 Å². The van der Waals surface area contributed by atoms with Gasteiger partial charge in [0.05, 0.1) is 0 Å². The van der Waals surface area contributed by atoms with Crippen LogP contribution in [0.25, 0.3) is 0 Å². The van der Waals surface area contributed by atoms with Gasteiger partial charge in [-0.05, 0) is 55.1 Å². The van der Waals surface area contributed by atoms with Crippen LogP contribution in [0.3, 0.4) is 0 Å². The van der Waals surface area contributed by atoms with Crippen LogP contribution in [0.4, 0.5) is 5.82 Å². The van der Waals surface area contributed by atoms with Gasteiger partial charge in [0, 0.05) is 51.2 Å². The van der Waals surface area contributed by atoms with Crippen molar-refractivity contribution in [3.8, 4) is 0 Å². The lowest BCUT2D eigenvalue weighted by atomic mass is 9.72. The van der Waals surface area contributed by atoms with Gasteiger partial charge in [-0.25, -0.2) is 9.97 Å². The second kappa shape index (κ2) is 8.47. The second-order valence-corrected chi connectivity index (χ2v) is 8.59.